The summed E-state index contributed by atoms with van der Waals surface area (Å²) >= 11 is 1.67. The molecular weight excluding hydrogens is 396 g/mol. The molecule has 1 aliphatic heterocycles. The number of guanidine groups is 1. The van der Waals surface area contributed by atoms with Crippen LogP contribution in [0.15, 0.2) is 53.1 Å². The summed E-state index contributed by atoms with van der Waals surface area (Å²) in [5.74, 6) is 1.91. The Balaban J connectivity index is 1.34. The first-order chi connectivity index (χ1) is 14.6. The van der Waals surface area contributed by atoms with Crippen LogP contribution in [0.25, 0.3) is 0 Å². The molecule has 1 aliphatic rings. The smallest absolute Gasteiger partial charge is 0.219 e. The molecule has 3 aromatic rings. The van der Waals surface area contributed by atoms with Gasteiger partial charge in [0.05, 0.1) is 6.54 Å². The van der Waals surface area contributed by atoms with E-state index in [1.165, 1.54) is 11.1 Å². The third kappa shape index (κ3) is 4.88. The minimum Gasteiger partial charge on any atom is -0.439 e. The van der Waals surface area contributed by atoms with Crippen LogP contribution in [0.4, 0.5) is 5.13 Å². The zero-order chi connectivity index (χ0) is 20.9. The SMILES string of the molecule is Cc1ccc(Oc2cc(CN=C(N)N3CCN(c4nccs4)CC3)ccn2)cc1C. The fourth-order valence-electron chi connectivity index (χ4n) is 3.27. The molecule has 0 spiro atoms. The van der Waals surface area contributed by atoms with Crippen LogP contribution in [0, 0.1) is 13.8 Å². The van der Waals surface area contributed by atoms with Gasteiger partial charge < -0.3 is 20.3 Å². The quantitative estimate of drug-likeness (QED) is 0.500. The lowest BCUT2D eigenvalue weighted by atomic mass is 10.1. The van der Waals surface area contributed by atoms with E-state index in [-0.39, 0.29) is 0 Å². The summed E-state index contributed by atoms with van der Waals surface area (Å²) in [4.78, 5) is 17.7. The molecule has 0 atom stereocenters. The van der Waals surface area contributed by atoms with Crippen molar-refractivity contribution in [3.05, 3.63) is 64.8 Å². The third-order valence-corrected chi connectivity index (χ3v) is 6.05. The Labute approximate surface area is 180 Å². The number of nitrogens with zero attached hydrogens (tertiary/aromatic N) is 5. The molecule has 2 aromatic heterocycles. The molecule has 1 fully saturated rings. The molecule has 7 nitrogen and oxygen atoms in total. The van der Waals surface area contributed by atoms with Crippen LogP contribution >= 0.6 is 11.3 Å². The molecule has 1 saturated heterocycles. The third-order valence-electron chi connectivity index (χ3n) is 5.22. The summed E-state index contributed by atoms with van der Waals surface area (Å²) in [5.41, 5.74) is 9.69. The Morgan fingerprint density at radius 2 is 1.90 bits per heavy atom. The number of hydrogen-bond acceptors (Lipinski definition) is 6. The molecular formula is C22H26N6OS. The van der Waals surface area contributed by atoms with Gasteiger partial charge in [0.2, 0.25) is 5.88 Å². The highest BCUT2D eigenvalue weighted by Crippen LogP contribution is 2.23. The number of hydrogen-bond donors (Lipinski definition) is 1. The molecule has 0 amide bonds. The first-order valence-corrected chi connectivity index (χ1v) is 10.9. The number of thiazole rings is 1. The highest BCUT2D eigenvalue weighted by atomic mass is 32.1. The molecule has 0 radical (unpaired) electrons. The van der Waals surface area contributed by atoms with Crippen LogP contribution in [-0.2, 0) is 6.54 Å². The molecule has 4 rings (SSSR count). The Bertz CT molecular complexity index is 1010. The molecule has 30 heavy (non-hydrogen) atoms. The lowest BCUT2D eigenvalue weighted by molar-refractivity contribution is 0.380. The van der Waals surface area contributed by atoms with Gasteiger partial charge in [-0.05, 0) is 48.7 Å². The minimum atomic E-state index is 0.490. The van der Waals surface area contributed by atoms with Crippen molar-refractivity contribution in [3.8, 4) is 11.6 Å². The number of aryl methyl sites for hydroxylation is 2. The predicted octanol–water partition coefficient (Wildman–Crippen LogP) is 3.58. The van der Waals surface area contributed by atoms with E-state index in [1.807, 2.05) is 41.9 Å². The number of aromatic nitrogens is 2. The molecule has 0 unspecified atom stereocenters. The number of benzene rings is 1. The van der Waals surface area contributed by atoms with Gasteiger partial charge in [-0.25, -0.2) is 15.0 Å². The van der Waals surface area contributed by atoms with Gasteiger partial charge in [-0.15, -0.1) is 11.3 Å². The van der Waals surface area contributed by atoms with Gasteiger partial charge in [-0.3, -0.25) is 0 Å². The number of nitrogens with two attached hydrogens (primary N) is 1. The van der Waals surface area contributed by atoms with E-state index in [4.69, 9.17) is 10.5 Å². The predicted molar refractivity (Wildman–Crippen MR) is 121 cm³/mol. The van der Waals surface area contributed by atoms with E-state index in [2.05, 4.69) is 38.6 Å². The summed E-state index contributed by atoms with van der Waals surface area (Å²) < 4.78 is 5.91. The Morgan fingerprint density at radius 3 is 2.63 bits per heavy atom. The topological polar surface area (TPSA) is 79.9 Å². The monoisotopic (exact) mass is 422 g/mol. The minimum absolute atomic E-state index is 0.490. The van der Waals surface area contributed by atoms with Crippen molar-refractivity contribution < 1.29 is 4.74 Å². The van der Waals surface area contributed by atoms with Gasteiger partial charge in [-0.1, -0.05) is 6.07 Å². The van der Waals surface area contributed by atoms with Crippen molar-refractivity contribution in [2.75, 3.05) is 31.1 Å². The number of rotatable bonds is 5. The number of anilines is 1. The Hall–Kier alpha value is -3.13. The van der Waals surface area contributed by atoms with Gasteiger partial charge in [-0.2, -0.15) is 0 Å². The summed E-state index contributed by atoms with van der Waals surface area (Å²) in [7, 11) is 0. The van der Waals surface area contributed by atoms with Crippen LogP contribution < -0.4 is 15.4 Å². The van der Waals surface area contributed by atoms with Gasteiger partial charge in [0.15, 0.2) is 11.1 Å². The average Bonchev–Trinajstić information content (AvgIpc) is 3.30. The number of pyridine rings is 1. The normalized spacial score (nSPS) is 14.8. The number of aliphatic imine (C=N–C) groups is 1. The second-order valence-corrected chi connectivity index (χ2v) is 8.19. The summed E-state index contributed by atoms with van der Waals surface area (Å²) in [6.07, 6.45) is 3.58. The molecule has 2 N–H and O–H groups in total. The average molecular weight is 423 g/mol. The van der Waals surface area contributed by atoms with Gasteiger partial charge in [0.25, 0.3) is 0 Å². The molecule has 8 heteroatoms. The van der Waals surface area contributed by atoms with Crippen molar-refractivity contribution in [3.63, 3.8) is 0 Å². The molecule has 0 aliphatic carbocycles. The Morgan fingerprint density at radius 1 is 1.07 bits per heavy atom. The van der Waals surface area contributed by atoms with E-state index in [0.29, 0.717) is 18.4 Å². The van der Waals surface area contributed by atoms with Crippen LogP contribution in [0.5, 0.6) is 11.6 Å². The zero-order valence-electron chi connectivity index (χ0n) is 17.3. The first kappa shape index (κ1) is 20.2. The molecule has 156 valence electrons. The molecule has 0 bridgehead atoms. The lowest BCUT2D eigenvalue weighted by Crippen LogP contribution is -2.51. The second-order valence-electron chi connectivity index (χ2n) is 7.31. The molecule has 0 saturated carbocycles. The largest absolute Gasteiger partial charge is 0.439 e. The van der Waals surface area contributed by atoms with Crippen molar-refractivity contribution >= 4 is 22.4 Å². The van der Waals surface area contributed by atoms with Crippen LogP contribution in [0.3, 0.4) is 0 Å². The number of ether oxygens (including phenoxy) is 1. The fourth-order valence-corrected chi connectivity index (χ4v) is 3.97. The van der Waals surface area contributed by atoms with Crippen LogP contribution in [0.2, 0.25) is 0 Å². The van der Waals surface area contributed by atoms with Gasteiger partial charge in [0, 0.05) is 50.0 Å². The van der Waals surface area contributed by atoms with Crippen molar-refractivity contribution in [2.24, 2.45) is 10.7 Å². The Kier molecular flexibility index (Phi) is 6.13. The second kappa shape index (κ2) is 9.13. The van der Waals surface area contributed by atoms with Crippen molar-refractivity contribution in [2.45, 2.75) is 20.4 Å². The maximum absolute atomic E-state index is 6.25. The van der Waals surface area contributed by atoms with Crippen molar-refractivity contribution in [1.29, 1.82) is 0 Å². The number of piperazine rings is 1. The maximum atomic E-state index is 6.25. The first-order valence-electron chi connectivity index (χ1n) is 9.98. The maximum Gasteiger partial charge on any atom is 0.219 e. The lowest BCUT2D eigenvalue weighted by Gasteiger charge is -2.35. The summed E-state index contributed by atoms with van der Waals surface area (Å²) in [6, 6.07) is 9.87. The van der Waals surface area contributed by atoms with Gasteiger partial charge in [0.1, 0.15) is 5.75 Å². The highest BCUT2D eigenvalue weighted by Gasteiger charge is 2.19. The van der Waals surface area contributed by atoms with Crippen LogP contribution in [0.1, 0.15) is 16.7 Å². The fraction of sp³-hybridized carbons (Fsp3) is 0.318. The van der Waals surface area contributed by atoms with Gasteiger partial charge >= 0.3 is 0 Å². The van der Waals surface area contributed by atoms with E-state index in [1.54, 1.807) is 17.5 Å². The molecule has 3 heterocycles. The van der Waals surface area contributed by atoms with E-state index < -0.39 is 0 Å². The molecule has 1 aromatic carbocycles. The summed E-state index contributed by atoms with van der Waals surface area (Å²) in [6.45, 7) is 8.11. The van der Waals surface area contributed by atoms with E-state index in [9.17, 15) is 0 Å². The standard InChI is InChI=1S/C22H26N6OS/c1-16-3-4-19(13-17(16)2)29-20-14-18(5-6-24-20)15-26-21(23)27-8-10-28(11-9-27)22-25-7-12-30-22/h3-7,12-14H,8-11,15H2,1-2H3,(H2,23,26). The zero-order valence-corrected chi connectivity index (χ0v) is 18.1. The van der Waals surface area contributed by atoms with E-state index >= 15 is 0 Å². The van der Waals surface area contributed by atoms with E-state index in [0.717, 1.165) is 42.6 Å². The van der Waals surface area contributed by atoms with Crippen molar-refractivity contribution in [1.82, 2.24) is 14.9 Å². The van der Waals surface area contributed by atoms with Crippen LogP contribution in [-0.4, -0.2) is 47.0 Å². The summed E-state index contributed by atoms with van der Waals surface area (Å²) in [5, 5.41) is 3.07. The highest BCUT2D eigenvalue weighted by molar-refractivity contribution is 7.13.